The van der Waals surface area contributed by atoms with Gasteiger partial charge in [-0.1, -0.05) is 12.2 Å². The number of benzene rings is 1. The molecule has 0 aliphatic heterocycles. The van der Waals surface area contributed by atoms with E-state index in [-0.39, 0.29) is 5.75 Å². The predicted molar refractivity (Wildman–Crippen MR) is 50.9 cm³/mol. The number of phenolic OH excluding ortho intramolecular Hbond substituents is 1. The molecule has 0 aliphatic rings. The molecule has 1 aromatic carbocycles. The number of phenols is 1. The minimum absolute atomic E-state index is 0.324. The molecule has 0 aromatic heterocycles. The molecule has 70 valence electrons. The number of rotatable bonds is 2. The minimum atomic E-state index is -0.600. The fourth-order valence-corrected chi connectivity index (χ4v) is 1.08. The average molecular weight is 181 g/mol. The Balaban J connectivity index is 3.12. The third-order valence-corrected chi connectivity index (χ3v) is 1.67. The first-order chi connectivity index (χ1) is 6.15. The Morgan fingerprint density at radius 3 is 2.85 bits per heavy atom. The number of hydrogen-bond donors (Lipinski definition) is 2. The zero-order chi connectivity index (χ0) is 9.84. The number of aryl methyl sites for hydroxylation is 1. The van der Waals surface area contributed by atoms with E-state index in [4.69, 9.17) is 5.73 Å². The van der Waals surface area contributed by atoms with Crippen molar-refractivity contribution in [1.82, 2.24) is 0 Å². The van der Waals surface area contributed by atoms with Gasteiger partial charge in [0.1, 0.15) is 0 Å². The summed E-state index contributed by atoms with van der Waals surface area (Å²) >= 11 is 0. The molecule has 13 heavy (non-hydrogen) atoms. The minimum Gasteiger partial charge on any atom is -0.504 e. The summed E-state index contributed by atoms with van der Waals surface area (Å²) in [6.45, 7) is 2.14. The Morgan fingerprint density at radius 1 is 1.54 bits per heavy atom. The maximum atomic E-state index is 13.0. The van der Waals surface area contributed by atoms with Crippen LogP contribution in [0.3, 0.4) is 0 Å². The van der Waals surface area contributed by atoms with Gasteiger partial charge < -0.3 is 10.8 Å². The maximum absolute atomic E-state index is 13.0. The molecule has 3 heteroatoms. The lowest BCUT2D eigenvalue weighted by atomic mass is 10.1. The molecule has 0 heterocycles. The van der Waals surface area contributed by atoms with Crippen molar-refractivity contribution in [1.29, 1.82) is 0 Å². The van der Waals surface area contributed by atoms with Crippen molar-refractivity contribution >= 4 is 6.08 Å². The Labute approximate surface area is 76.5 Å². The van der Waals surface area contributed by atoms with Crippen LogP contribution < -0.4 is 5.73 Å². The van der Waals surface area contributed by atoms with Crippen LogP contribution in [-0.2, 0) is 0 Å². The van der Waals surface area contributed by atoms with Gasteiger partial charge in [-0.05, 0) is 24.6 Å². The first-order valence-corrected chi connectivity index (χ1v) is 4.01. The summed E-state index contributed by atoms with van der Waals surface area (Å²) in [5, 5.41) is 9.28. The zero-order valence-corrected chi connectivity index (χ0v) is 7.42. The van der Waals surface area contributed by atoms with Crippen LogP contribution in [-0.4, -0.2) is 11.7 Å². The van der Waals surface area contributed by atoms with Crippen LogP contribution in [0.5, 0.6) is 5.75 Å². The summed E-state index contributed by atoms with van der Waals surface area (Å²) < 4.78 is 13.0. The van der Waals surface area contributed by atoms with Gasteiger partial charge in [0.05, 0.1) is 0 Å². The zero-order valence-electron chi connectivity index (χ0n) is 7.42. The summed E-state index contributed by atoms with van der Waals surface area (Å²) in [5.74, 6) is -0.924. The van der Waals surface area contributed by atoms with Gasteiger partial charge in [0.25, 0.3) is 0 Å². The molecule has 1 rings (SSSR count). The molecule has 3 N–H and O–H groups in total. The summed E-state index contributed by atoms with van der Waals surface area (Å²) in [6.07, 6.45) is 3.26. The van der Waals surface area contributed by atoms with Crippen molar-refractivity contribution in [2.75, 3.05) is 6.54 Å². The van der Waals surface area contributed by atoms with E-state index >= 15 is 0 Å². The standard InChI is InChI=1S/C10H12FNO/c1-7-5-8(3-2-4-12)10(13)9(11)6-7/h2-3,5-6,13H,4,12H2,1H3/b3-2+. The third-order valence-electron chi connectivity index (χ3n) is 1.67. The van der Waals surface area contributed by atoms with Crippen LogP contribution in [0.4, 0.5) is 4.39 Å². The van der Waals surface area contributed by atoms with Crippen molar-refractivity contribution < 1.29 is 9.50 Å². The summed E-state index contributed by atoms with van der Waals surface area (Å²) in [7, 11) is 0. The van der Waals surface area contributed by atoms with E-state index in [1.807, 2.05) is 0 Å². The van der Waals surface area contributed by atoms with E-state index in [0.29, 0.717) is 12.1 Å². The van der Waals surface area contributed by atoms with Crippen LogP contribution >= 0.6 is 0 Å². The second-order valence-corrected chi connectivity index (χ2v) is 2.82. The fraction of sp³-hybridized carbons (Fsp3) is 0.200. The molecule has 0 bridgehead atoms. The molecular formula is C10H12FNO. The molecule has 0 amide bonds. The highest BCUT2D eigenvalue weighted by Gasteiger charge is 2.04. The highest BCUT2D eigenvalue weighted by atomic mass is 19.1. The molecule has 0 radical (unpaired) electrons. The van der Waals surface area contributed by atoms with E-state index in [0.717, 1.165) is 5.56 Å². The van der Waals surface area contributed by atoms with Crippen LogP contribution in [0.15, 0.2) is 18.2 Å². The van der Waals surface area contributed by atoms with Crippen LogP contribution in [0.25, 0.3) is 6.08 Å². The SMILES string of the molecule is Cc1cc(F)c(O)c(/C=C/CN)c1. The van der Waals surface area contributed by atoms with Gasteiger partial charge in [-0.3, -0.25) is 0 Å². The largest absolute Gasteiger partial charge is 0.504 e. The number of halogens is 1. The van der Waals surface area contributed by atoms with Gasteiger partial charge in [0.2, 0.25) is 0 Å². The van der Waals surface area contributed by atoms with Crippen molar-refractivity contribution in [3.63, 3.8) is 0 Å². The molecule has 0 aliphatic carbocycles. The lowest BCUT2D eigenvalue weighted by molar-refractivity contribution is 0.431. The second-order valence-electron chi connectivity index (χ2n) is 2.82. The molecule has 0 saturated carbocycles. The second kappa shape index (κ2) is 4.05. The fourth-order valence-electron chi connectivity index (χ4n) is 1.08. The van der Waals surface area contributed by atoms with E-state index in [2.05, 4.69) is 0 Å². The van der Waals surface area contributed by atoms with E-state index in [1.54, 1.807) is 25.1 Å². The Hall–Kier alpha value is -1.35. The van der Waals surface area contributed by atoms with Gasteiger partial charge in [-0.2, -0.15) is 0 Å². The molecule has 2 nitrogen and oxygen atoms in total. The smallest absolute Gasteiger partial charge is 0.165 e. The number of aromatic hydroxyl groups is 1. The first-order valence-electron chi connectivity index (χ1n) is 4.01. The van der Waals surface area contributed by atoms with Crippen molar-refractivity contribution in [3.05, 3.63) is 35.2 Å². The molecule has 0 unspecified atom stereocenters. The third kappa shape index (κ3) is 2.29. The Bertz CT molecular complexity index is 334. The van der Waals surface area contributed by atoms with Crippen LogP contribution in [0, 0.1) is 12.7 Å². The topological polar surface area (TPSA) is 46.2 Å². The lowest BCUT2D eigenvalue weighted by Gasteiger charge is -2.02. The Morgan fingerprint density at radius 2 is 2.23 bits per heavy atom. The lowest BCUT2D eigenvalue weighted by Crippen LogP contribution is -1.92. The molecular weight excluding hydrogens is 169 g/mol. The molecule has 0 fully saturated rings. The summed E-state index contributed by atoms with van der Waals surface area (Å²) in [6, 6.07) is 2.99. The van der Waals surface area contributed by atoms with Gasteiger partial charge in [0.15, 0.2) is 11.6 Å². The normalized spacial score (nSPS) is 11.0. The highest BCUT2D eigenvalue weighted by molar-refractivity contribution is 5.58. The van der Waals surface area contributed by atoms with Crippen LogP contribution in [0.1, 0.15) is 11.1 Å². The van der Waals surface area contributed by atoms with Crippen molar-refractivity contribution in [2.45, 2.75) is 6.92 Å². The van der Waals surface area contributed by atoms with Gasteiger partial charge in [0, 0.05) is 12.1 Å². The molecule has 0 spiro atoms. The van der Waals surface area contributed by atoms with Gasteiger partial charge in [-0.25, -0.2) is 4.39 Å². The van der Waals surface area contributed by atoms with Crippen molar-refractivity contribution in [3.8, 4) is 5.75 Å². The number of nitrogens with two attached hydrogens (primary N) is 1. The van der Waals surface area contributed by atoms with Crippen LogP contribution in [0.2, 0.25) is 0 Å². The number of hydrogen-bond acceptors (Lipinski definition) is 2. The quantitative estimate of drug-likeness (QED) is 0.730. The average Bonchev–Trinajstić information content (AvgIpc) is 2.09. The highest BCUT2D eigenvalue weighted by Crippen LogP contribution is 2.23. The monoisotopic (exact) mass is 181 g/mol. The molecule has 1 aromatic rings. The first kappa shape index (κ1) is 9.74. The molecule has 0 saturated heterocycles. The summed E-state index contributed by atoms with van der Waals surface area (Å²) in [4.78, 5) is 0. The van der Waals surface area contributed by atoms with E-state index in [1.165, 1.54) is 6.07 Å². The maximum Gasteiger partial charge on any atom is 0.165 e. The van der Waals surface area contributed by atoms with E-state index < -0.39 is 5.82 Å². The van der Waals surface area contributed by atoms with Crippen molar-refractivity contribution in [2.24, 2.45) is 5.73 Å². The molecule has 0 atom stereocenters. The summed E-state index contributed by atoms with van der Waals surface area (Å²) in [5.41, 5.74) is 6.47. The van der Waals surface area contributed by atoms with E-state index in [9.17, 15) is 9.50 Å². The van der Waals surface area contributed by atoms with Gasteiger partial charge >= 0.3 is 0 Å². The predicted octanol–water partition coefficient (Wildman–Crippen LogP) is 1.81. The van der Waals surface area contributed by atoms with Gasteiger partial charge in [-0.15, -0.1) is 0 Å². The Kier molecular flexibility index (Phi) is 3.03.